The molecule has 2 unspecified atom stereocenters. The van der Waals surface area contributed by atoms with E-state index in [-0.39, 0.29) is 11.9 Å². The van der Waals surface area contributed by atoms with E-state index in [9.17, 15) is 4.79 Å². The molecule has 2 aliphatic rings. The molecule has 0 radical (unpaired) electrons. The molecule has 5 heteroatoms. The summed E-state index contributed by atoms with van der Waals surface area (Å²) in [6.07, 6.45) is 2.43. The summed E-state index contributed by atoms with van der Waals surface area (Å²) in [5, 5.41) is 2.99. The van der Waals surface area contributed by atoms with Gasteiger partial charge in [0.25, 0.3) is 0 Å². The highest BCUT2D eigenvalue weighted by Gasteiger charge is 2.25. The van der Waals surface area contributed by atoms with E-state index in [0.717, 1.165) is 24.5 Å². The number of amides is 1. The number of nitrogens with zero attached hydrogens (tertiary/aromatic N) is 1. The highest BCUT2D eigenvalue weighted by Crippen LogP contribution is 2.32. The predicted molar refractivity (Wildman–Crippen MR) is 85.5 cm³/mol. The van der Waals surface area contributed by atoms with Crippen LogP contribution in [0.5, 0.6) is 11.5 Å². The number of hydrogen-bond acceptors (Lipinski definition) is 4. The zero-order valence-electron chi connectivity index (χ0n) is 13.3. The van der Waals surface area contributed by atoms with Gasteiger partial charge in [-0.05, 0) is 44.4 Å². The van der Waals surface area contributed by atoms with E-state index in [1.165, 1.54) is 12.8 Å². The summed E-state index contributed by atoms with van der Waals surface area (Å²) >= 11 is 0. The maximum absolute atomic E-state index is 12.5. The molecule has 1 aromatic carbocycles. The van der Waals surface area contributed by atoms with Crippen LogP contribution in [0.2, 0.25) is 0 Å². The van der Waals surface area contributed by atoms with Crippen LogP contribution in [0.25, 0.3) is 0 Å². The minimum atomic E-state index is -0.115. The van der Waals surface area contributed by atoms with E-state index in [4.69, 9.17) is 9.47 Å². The van der Waals surface area contributed by atoms with Crippen molar-refractivity contribution < 1.29 is 14.3 Å². The van der Waals surface area contributed by atoms with Gasteiger partial charge in [-0.3, -0.25) is 9.69 Å². The summed E-state index contributed by atoms with van der Waals surface area (Å²) in [6, 6.07) is 5.42. The molecular formula is C17H24N2O3. The van der Waals surface area contributed by atoms with Gasteiger partial charge in [-0.15, -0.1) is 0 Å². The summed E-state index contributed by atoms with van der Waals surface area (Å²) in [5.74, 6) is 2.13. The van der Waals surface area contributed by atoms with Crippen LogP contribution < -0.4 is 14.8 Å². The van der Waals surface area contributed by atoms with Crippen molar-refractivity contribution in [3.63, 3.8) is 0 Å². The van der Waals surface area contributed by atoms with Gasteiger partial charge in [0.2, 0.25) is 5.91 Å². The van der Waals surface area contributed by atoms with E-state index >= 15 is 0 Å². The average molecular weight is 304 g/mol. The van der Waals surface area contributed by atoms with Crippen LogP contribution in [0.15, 0.2) is 18.2 Å². The third-order valence-electron chi connectivity index (χ3n) is 4.43. The Hall–Kier alpha value is -1.75. The summed E-state index contributed by atoms with van der Waals surface area (Å²) < 4.78 is 11.0. The fraction of sp³-hybridized carbons (Fsp3) is 0.588. The quantitative estimate of drug-likeness (QED) is 0.932. The van der Waals surface area contributed by atoms with Gasteiger partial charge in [0.05, 0.1) is 6.04 Å². The molecule has 1 fully saturated rings. The van der Waals surface area contributed by atoms with Crippen LogP contribution in [0.3, 0.4) is 0 Å². The maximum atomic E-state index is 12.5. The number of hydrogen-bond donors (Lipinski definition) is 1. The van der Waals surface area contributed by atoms with Crippen LogP contribution in [0.4, 0.5) is 5.69 Å². The summed E-state index contributed by atoms with van der Waals surface area (Å²) in [5.41, 5.74) is 0.756. The smallest absolute Gasteiger partial charge is 0.241 e. The zero-order chi connectivity index (χ0) is 15.5. The molecule has 1 saturated heterocycles. The lowest BCUT2D eigenvalue weighted by molar-refractivity contribution is -0.121. The fourth-order valence-electron chi connectivity index (χ4n) is 3.11. The first-order valence-electron chi connectivity index (χ1n) is 8.08. The van der Waals surface area contributed by atoms with Crippen molar-refractivity contribution in [2.45, 2.75) is 32.7 Å². The number of piperidine rings is 1. The number of rotatable bonds is 3. The number of nitrogens with one attached hydrogen (secondary N) is 1. The summed E-state index contributed by atoms with van der Waals surface area (Å²) in [7, 11) is 0. The van der Waals surface area contributed by atoms with Gasteiger partial charge in [0.1, 0.15) is 13.2 Å². The standard InChI is InChI=1S/C17H24N2O3/c1-12-4-3-7-19(11-12)13(2)17(20)18-14-5-6-15-16(10-14)22-9-8-21-15/h5-6,10,12-13H,3-4,7-9,11H2,1-2H3,(H,18,20). The van der Waals surface area contributed by atoms with E-state index in [2.05, 4.69) is 17.1 Å². The van der Waals surface area contributed by atoms with Crippen LogP contribution >= 0.6 is 0 Å². The highest BCUT2D eigenvalue weighted by atomic mass is 16.6. The van der Waals surface area contributed by atoms with Crippen molar-refractivity contribution in [2.75, 3.05) is 31.6 Å². The van der Waals surface area contributed by atoms with Crippen LogP contribution in [-0.4, -0.2) is 43.2 Å². The largest absolute Gasteiger partial charge is 0.486 e. The summed E-state index contributed by atoms with van der Waals surface area (Å²) in [4.78, 5) is 14.7. The van der Waals surface area contributed by atoms with Crippen molar-refractivity contribution >= 4 is 11.6 Å². The zero-order valence-corrected chi connectivity index (χ0v) is 13.3. The number of carbonyl (C=O) groups excluding carboxylic acids is 1. The van der Waals surface area contributed by atoms with Crippen LogP contribution in [-0.2, 0) is 4.79 Å². The normalized spacial score (nSPS) is 22.9. The molecule has 1 aromatic rings. The second-order valence-corrected chi connectivity index (χ2v) is 6.27. The van der Waals surface area contributed by atoms with Crippen molar-refractivity contribution in [1.82, 2.24) is 4.90 Å². The van der Waals surface area contributed by atoms with E-state index in [1.54, 1.807) is 0 Å². The van der Waals surface area contributed by atoms with Crippen LogP contribution in [0, 0.1) is 5.92 Å². The SMILES string of the molecule is CC1CCCN(C(C)C(=O)Nc2ccc3c(c2)OCCO3)C1. The predicted octanol–water partition coefficient (Wildman–Crippen LogP) is 2.52. The second kappa shape index (κ2) is 6.57. The Morgan fingerprint density at radius 1 is 1.32 bits per heavy atom. The lowest BCUT2D eigenvalue weighted by Gasteiger charge is -2.34. The molecule has 2 aliphatic heterocycles. The Bertz CT molecular complexity index is 547. The van der Waals surface area contributed by atoms with Crippen molar-refractivity contribution in [1.29, 1.82) is 0 Å². The van der Waals surface area contributed by atoms with Gasteiger partial charge < -0.3 is 14.8 Å². The number of benzene rings is 1. The monoisotopic (exact) mass is 304 g/mol. The fourth-order valence-corrected chi connectivity index (χ4v) is 3.11. The molecule has 3 rings (SSSR count). The molecule has 22 heavy (non-hydrogen) atoms. The van der Waals surface area contributed by atoms with Crippen molar-refractivity contribution in [3.05, 3.63) is 18.2 Å². The topological polar surface area (TPSA) is 50.8 Å². The molecule has 1 amide bonds. The molecule has 5 nitrogen and oxygen atoms in total. The van der Waals surface area contributed by atoms with Gasteiger partial charge in [-0.1, -0.05) is 6.92 Å². The molecule has 0 saturated carbocycles. The lowest BCUT2D eigenvalue weighted by atomic mass is 9.99. The molecule has 0 spiro atoms. The first kappa shape index (κ1) is 15.2. The first-order chi connectivity index (χ1) is 10.6. The van der Waals surface area contributed by atoms with Crippen LogP contribution in [0.1, 0.15) is 26.7 Å². The van der Waals surface area contributed by atoms with Gasteiger partial charge in [-0.2, -0.15) is 0 Å². The van der Waals surface area contributed by atoms with E-state index in [1.807, 2.05) is 25.1 Å². The third kappa shape index (κ3) is 3.35. The Labute approximate surface area is 131 Å². The molecule has 0 bridgehead atoms. The number of anilines is 1. The molecule has 0 aromatic heterocycles. The first-order valence-corrected chi connectivity index (χ1v) is 8.08. The molecular weight excluding hydrogens is 280 g/mol. The molecule has 0 aliphatic carbocycles. The van der Waals surface area contributed by atoms with Gasteiger partial charge in [0.15, 0.2) is 11.5 Å². The Morgan fingerprint density at radius 2 is 2.09 bits per heavy atom. The molecule has 2 atom stereocenters. The van der Waals surface area contributed by atoms with Gasteiger partial charge >= 0.3 is 0 Å². The minimum absolute atomic E-state index is 0.0331. The molecule has 2 heterocycles. The maximum Gasteiger partial charge on any atom is 0.241 e. The Kier molecular flexibility index (Phi) is 4.52. The van der Waals surface area contributed by atoms with Gasteiger partial charge in [-0.25, -0.2) is 0 Å². The second-order valence-electron chi connectivity index (χ2n) is 6.27. The van der Waals surface area contributed by atoms with E-state index in [0.29, 0.717) is 24.9 Å². The number of fused-ring (bicyclic) bond motifs is 1. The summed E-state index contributed by atoms with van der Waals surface area (Å²) in [6.45, 7) is 7.34. The Balaban J connectivity index is 1.63. The van der Waals surface area contributed by atoms with Gasteiger partial charge in [0, 0.05) is 18.3 Å². The third-order valence-corrected chi connectivity index (χ3v) is 4.43. The Morgan fingerprint density at radius 3 is 2.86 bits per heavy atom. The van der Waals surface area contributed by atoms with E-state index < -0.39 is 0 Å². The average Bonchev–Trinajstić information content (AvgIpc) is 2.54. The number of ether oxygens (including phenoxy) is 2. The minimum Gasteiger partial charge on any atom is -0.486 e. The lowest BCUT2D eigenvalue weighted by Crippen LogP contribution is -2.46. The number of likely N-dealkylation sites (tertiary alicyclic amines) is 1. The molecule has 120 valence electrons. The van der Waals surface area contributed by atoms with Crippen molar-refractivity contribution in [3.8, 4) is 11.5 Å². The number of carbonyl (C=O) groups is 1. The highest BCUT2D eigenvalue weighted by molar-refractivity contribution is 5.94. The van der Waals surface area contributed by atoms with Crippen molar-refractivity contribution in [2.24, 2.45) is 5.92 Å². The molecule has 1 N–H and O–H groups in total.